The summed E-state index contributed by atoms with van der Waals surface area (Å²) in [5.74, 6) is 0.431. The molecule has 0 aliphatic rings. The zero-order valence-electron chi connectivity index (χ0n) is 13.9. The van der Waals surface area contributed by atoms with Crippen molar-refractivity contribution in [3.63, 3.8) is 0 Å². The van der Waals surface area contributed by atoms with Gasteiger partial charge in [-0.25, -0.2) is 8.42 Å². The van der Waals surface area contributed by atoms with Crippen LogP contribution >= 0.6 is 0 Å². The van der Waals surface area contributed by atoms with Gasteiger partial charge in [0.25, 0.3) is 0 Å². The predicted octanol–water partition coefficient (Wildman–Crippen LogP) is 2.48. The first-order valence-electron chi connectivity index (χ1n) is 7.74. The molecule has 1 aromatic heterocycles. The van der Waals surface area contributed by atoms with Gasteiger partial charge in [0.15, 0.2) is 0 Å². The van der Waals surface area contributed by atoms with Gasteiger partial charge in [-0.2, -0.15) is 4.31 Å². The first kappa shape index (κ1) is 18.2. The monoisotopic (exact) mass is 350 g/mol. The van der Waals surface area contributed by atoms with Gasteiger partial charge >= 0.3 is 0 Å². The van der Waals surface area contributed by atoms with Crippen molar-refractivity contribution in [2.45, 2.75) is 19.9 Å². The van der Waals surface area contributed by atoms with Crippen molar-refractivity contribution in [1.82, 2.24) is 4.31 Å². The number of para-hydroxylation sites is 1. The second-order valence-electron chi connectivity index (χ2n) is 5.40. The van der Waals surface area contributed by atoms with E-state index in [1.807, 2.05) is 37.3 Å². The highest BCUT2D eigenvalue weighted by Gasteiger charge is 2.21. The highest BCUT2D eigenvalue weighted by atomic mass is 32.2. The molecule has 24 heavy (non-hydrogen) atoms. The molecule has 0 fully saturated rings. The minimum Gasteiger partial charge on any atom is -0.468 e. The van der Waals surface area contributed by atoms with Crippen LogP contribution < -0.4 is 4.90 Å². The zero-order valence-corrected chi connectivity index (χ0v) is 14.7. The Morgan fingerprint density at radius 3 is 2.38 bits per heavy atom. The van der Waals surface area contributed by atoms with E-state index in [4.69, 9.17) is 4.42 Å². The normalized spacial score (nSPS) is 11.6. The van der Waals surface area contributed by atoms with Crippen molar-refractivity contribution in [2.24, 2.45) is 0 Å². The summed E-state index contributed by atoms with van der Waals surface area (Å²) < 4.78 is 30.3. The molecule has 2 rings (SSSR count). The maximum atomic E-state index is 12.5. The highest BCUT2D eigenvalue weighted by molar-refractivity contribution is 7.88. The third-order valence-corrected chi connectivity index (χ3v) is 4.89. The van der Waals surface area contributed by atoms with E-state index in [1.54, 1.807) is 17.0 Å². The molecule has 0 aliphatic heterocycles. The summed E-state index contributed by atoms with van der Waals surface area (Å²) in [5, 5.41) is 0. The van der Waals surface area contributed by atoms with Crippen LogP contribution in [0.1, 0.15) is 19.1 Å². The van der Waals surface area contributed by atoms with Crippen LogP contribution in [0.3, 0.4) is 0 Å². The molecule has 0 aliphatic carbocycles. The number of anilines is 1. The van der Waals surface area contributed by atoms with Gasteiger partial charge in [0.2, 0.25) is 15.9 Å². The molecule has 0 radical (unpaired) electrons. The Kier molecular flexibility index (Phi) is 6.16. The van der Waals surface area contributed by atoms with Crippen LogP contribution in [0.4, 0.5) is 5.69 Å². The van der Waals surface area contributed by atoms with E-state index in [2.05, 4.69) is 0 Å². The average Bonchev–Trinajstić information content (AvgIpc) is 3.05. The standard InChI is InChI=1S/C17H22N2O4S/c1-3-19(15-8-5-4-6-9-15)17(20)11-12-18(24(2,21)22)14-16-10-7-13-23-16/h4-10,13H,3,11-12,14H2,1-2H3. The van der Waals surface area contributed by atoms with Gasteiger partial charge in [-0.1, -0.05) is 18.2 Å². The summed E-state index contributed by atoms with van der Waals surface area (Å²) in [4.78, 5) is 14.1. The number of hydrogen-bond donors (Lipinski definition) is 0. The maximum absolute atomic E-state index is 12.5. The lowest BCUT2D eigenvalue weighted by Gasteiger charge is -2.23. The number of furan rings is 1. The summed E-state index contributed by atoms with van der Waals surface area (Å²) in [5.41, 5.74) is 0.807. The number of sulfonamides is 1. The van der Waals surface area contributed by atoms with E-state index in [-0.39, 0.29) is 25.4 Å². The fourth-order valence-corrected chi connectivity index (χ4v) is 3.19. The molecule has 0 saturated heterocycles. The number of amides is 1. The average molecular weight is 350 g/mol. The van der Waals surface area contributed by atoms with Crippen molar-refractivity contribution >= 4 is 21.6 Å². The van der Waals surface area contributed by atoms with Gasteiger partial charge in [0.05, 0.1) is 19.1 Å². The molecule has 1 aromatic carbocycles. The molecular weight excluding hydrogens is 328 g/mol. The molecule has 7 heteroatoms. The van der Waals surface area contributed by atoms with E-state index >= 15 is 0 Å². The largest absolute Gasteiger partial charge is 0.468 e. The van der Waals surface area contributed by atoms with Crippen LogP contribution in [-0.4, -0.2) is 38.0 Å². The summed E-state index contributed by atoms with van der Waals surface area (Å²) >= 11 is 0. The van der Waals surface area contributed by atoms with Gasteiger partial charge in [-0.05, 0) is 31.2 Å². The summed E-state index contributed by atoms with van der Waals surface area (Å²) in [6.07, 6.45) is 2.74. The molecule has 0 unspecified atom stereocenters. The first-order chi connectivity index (χ1) is 11.4. The van der Waals surface area contributed by atoms with Crippen molar-refractivity contribution in [2.75, 3.05) is 24.2 Å². The number of carbonyl (C=O) groups excluding carboxylic acids is 1. The SMILES string of the molecule is CCN(C(=O)CCN(Cc1ccco1)S(C)(=O)=O)c1ccccc1. The van der Waals surface area contributed by atoms with Crippen molar-refractivity contribution in [1.29, 1.82) is 0 Å². The Balaban J connectivity index is 2.03. The van der Waals surface area contributed by atoms with E-state index in [9.17, 15) is 13.2 Å². The lowest BCUT2D eigenvalue weighted by Crippen LogP contribution is -2.36. The van der Waals surface area contributed by atoms with Gasteiger partial charge in [0.1, 0.15) is 5.76 Å². The molecule has 1 amide bonds. The molecule has 0 N–H and O–H groups in total. The second kappa shape index (κ2) is 8.12. The smallest absolute Gasteiger partial charge is 0.228 e. The summed E-state index contributed by atoms with van der Waals surface area (Å²) in [6, 6.07) is 12.8. The molecule has 6 nitrogen and oxygen atoms in total. The minimum atomic E-state index is -3.43. The third kappa shape index (κ3) is 4.94. The Bertz CT molecular complexity index is 742. The van der Waals surface area contributed by atoms with Crippen molar-refractivity contribution in [3.05, 3.63) is 54.5 Å². The molecule has 2 aromatic rings. The lowest BCUT2D eigenvalue weighted by atomic mass is 10.2. The third-order valence-electron chi connectivity index (χ3n) is 3.64. The predicted molar refractivity (Wildman–Crippen MR) is 93.0 cm³/mol. The molecule has 0 saturated carbocycles. The minimum absolute atomic E-state index is 0.108. The zero-order chi connectivity index (χ0) is 17.6. The molecule has 0 bridgehead atoms. The number of rotatable bonds is 8. The molecule has 1 heterocycles. The maximum Gasteiger partial charge on any atom is 0.228 e. The van der Waals surface area contributed by atoms with E-state index < -0.39 is 10.0 Å². The molecule has 130 valence electrons. The van der Waals surface area contributed by atoms with Crippen LogP contribution in [-0.2, 0) is 21.4 Å². The number of benzene rings is 1. The van der Waals surface area contributed by atoms with Crippen LogP contribution in [0.2, 0.25) is 0 Å². The first-order valence-corrected chi connectivity index (χ1v) is 9.59. The quantitative estimate of drug-likeness (QED) is 0.733. The van der Waals surface area contributed by atoms with Gasteiger partial charge in [-0.15, -0.1) is 0 Å². The Hall–Kier alpha value is -2.12. The van der Waals surface area contributed by atoms with Crippen LogP contribution in [0, 0.1) is 0 Å². The Morgan fingerprint density at radius 1 is 1.12 bits per heavy atom. The summed E-state index contributed by atoms with van der Waals surface area (Å²) in [7, 11) is -3.43. The van der Waals surface area contributed by atoms with Crippen LogP contribution in [0.15, 0.2) is 53.1 Å². The highest BCUT2D eigenvalue weighted by Crippen LogP contribution is 2.15. The number of carbonyl (C=O) groups is 1. The van der Waals surface area contributed by atoms with Crippen molar-refractivity contribution < 1.29 is 17.6 Å². The van der Waals surface area contributed by atoms with Crippen molar-refractivity contribution in [3.8, 4) is 0 Å². The summed E-state index contributed by atoms with van der Waals surface area (Å²) in [6.45, 7) is 2.65. The number of nitrogens with zero attached hydrogens (tertiary/aromatic N) is 2. The fourth-order valence-electron chi connectivity index (χ4n) is 2.40. The van der Waals surface area contributed by atoms with E-state index in [1.165, 1.54) is 10.6 Å². The van der Waals surface area contributed by atoms with Gasteiger partial charge in [-0.3, -0.25) is 4.79 Å². The second-order valence-corrected chi connectivity index (χ2v) is 7.38. The fraction of sp³-hybridized carbons (Fsp3) is 0.353. The topological polar surface area (TPSA) is 70.8 Å². The lowest BCUT2D eigenvalue weighted by molar-refractivity contribution is -0.118. The molecular formula is C17H22N2O4S. The molecule has 0 atom stereocenters. The van der Waals surface area contributed by atoms with E-state index in [0.717, 1.165) is 11.9 Å². The van der Waals surface area contributed by atoms with Gasteiger partial charge in [0, 0.05) is 25.2 Å². The van der Waals surface area contributed by atoms with Crippen LogP contribution in [0.25, 0.3) is 0 Å². The Morgan fingerprint density at radius 2 is 1.83 bits per heavy atom. The molecule has 0 spiro atoms. The van der Waals surface area contributed by atoms with Crippen LogP contribution in [0.5, 0.6) is 0 Å². The Labute approximate surface area is 142 Å². The van der Waals surface area contributed by atoms with E-state index in [0.29, 0.717) is 12.3 Å². The number of hydrogen-bond acceptors (Lipinski definition) is 4. The van der Waals surface area contributed by atoms with Gasteiger partial charge < -0.3 is 9.32 Å².